The van der Waals surface area contributed by atoms with Gasteiger partial charge in [0, 0.05) is 33.3 Å². The number of carbonyl (C=O) groups is 1. The van der Waals surface area contributed by atoms with E-state index in [1.807, 2.05) is 37.3 Å². The number of hydrogen-bond acceptors (Lipinski definition) is 6. The number of aromatic nitrogens is 3. The Morgan fingerprint density at radius 1 is 1.28 bits per heavy atom. The molecule has 2 unspecified atom stereocenters. The number of rotatable bonds is 8. The molecular weight excluding hydrogens is 471 g/mol. The summed E-state index contributed by atoms with van der Waals surface area (Å²) in [7, 11) is 0. The van der Waals surface area contributed by atoms with Gasteiger partial charge in [0.2, 0.25) is 11.7 Å². The summed E-state index contributed by atoms with van der Waals surface area (Å²) in [6.45, 7) is 2.54. The molecule has 0 saturated carbocycles. The predicted molar refractivity (Wildman–Crippen MR) is 125 cm³/mol. The minimum Gasteiger partial charge on any atom is -0.342 e. The van der Waals surface area contributed by atoms with Crippen LogP contribution in [0.25, 0.3) is 0 Å². The van der Waals surface area contributed by atoms with Crippen LogP contribution in [0, 0.1) is 0 Å². The Bertz CT molecular complexity index is 1070. The van der Waals surface area contributed by atoms with E-state index < -0.39 is 5.79 Å². The van der Waals surface area contributed by atoms with Crippen molar-refractivity contribution in [2.75, 3.05) is 17.7 Å². The van der Waals surface area contributed by atoms with E-state index in [1.165, 1.54) is 6.33 Å². The molecule has 0 bridgehead atoms. The van der Waals surface area contributed by atoms with Crippen molar-refractivity contribution < 1.29 is 14.3 Å². The topological polar surface area (TPSA) is 78.3 Å². The number of amides is 1. The van der Waals surface area contributed by atoms with Gasteiger partial charge in [-0.15, -0.1) is 11.8 Å². The quantitative estimate of drug-likeness (QED) is 0.446. The molecule has 0 radical (unpaired) electrons. The predicted octanol–water partition coefficient (Wildman–Crippen LogP) is 4.99. The van der Waals surface area contributed by atoms with Crippen molar-refractivity contribution in [2.45, 2.75) is 36.7 Å². The molecule has 2 aromatic carbocycles. The van der Waals surface area contributed by atoms with Crippen LogP contribution < -0.4 is 5.32 Å². The summed E-state index contributed by atoms with van der Waals surface area (Å²) in [5, 5.41) is 8.05. The second-order valence-electron chi connectivity index (χ2n) is 7.26. The first kappa shape index (κ1) is 23.1. The van der Waals surface area contributed by atoms with E-state index in [0.29, 0.717) is 40.9 Å². The summed E-state index contributed by atoms with van der Waals surface area (Å²) in [6, 6.07) is 13.0. The maximum atomic E-state index is 11.5. The number of benzene rings is 2. The number of ether oxygens (including phenoxy) is 2. The third-order valence-corrected chi connectivity index (χ3v) is 6.62. The van der Waals surface area contributed by atoms with Crippen LogP contribution in [0.2, 0.25) is 10.0 Å². The molecule has 1 aliphatic heterocycles. The average molecular weight is 493 g/mol. The van der Waals surface area contributed by atoms with Crippen LogP contribution in [0.15, 0.2) is 60.0 Å². The van der Waals surface area contributed by atoms with Gasteiger partial charge in [-0.3, -0.25) is 4.79 Å². The van der Waals surface area contributed by atoms with Crippen molar-refractivity contribution in [3.8, 4) is 0 Å². The highest BCUT2D eigenvalue weighted by atomic mass is 35.5. The number of halogens is 2. The summed E-state index contributed by atoms with van der Waals surface area (Å²) < 4.78 is 14.3. The van der Waals surface area contributed by atoms with Crippen LogP contribution in [-0.4, -0.2) is 39.1 Å². The molecule has 0 aliphatic carbocycles. The number of anilines is 1. The first-order chi connectivity index (χ1) is 15.5. The van der Waals surface area contributed by atoms with Crippen molar-refractivity contribution in [3.63, 3.8) is 0 Å². The summed E-state index contributed by atoms with van der Waals surface area (Å²) in [5.74, 6) is -0.411. The van der Waals surface area contributed by atoms with Crippen LogP contribution in [0.5, 0.6) is 0 Å². The molecular formula is C22H22Cl2N4O3S. The number of nitrogens with zero attached hydrogens (tertiary/aromatic N) is 3. The molecule has 1 amide bonds. The molecule has 2 heterocycles. The molecule has 1 saturated heterocycles. The Hall–Kier alpha value is -2.10. The monoisotopic (exact) mass is 492 g/mol. The zero-order valence-corrected chi connectivity index (χ0v) is 19.7. The normalized spacial score (nSPS) is 20.4. The third-order valence-electron chi connectivity index (χ3n) is 4.93. The molecule has 7 nitrogen and oxygen atoms in total. The lowest BCUT2D eigenvalue weighted by atomic mass is 10.1. The third kappa shape index (κ3) is 5.44. The van der Waals surface area contributed by atoms with Crippen LogP contribution in [0.1, 0.15) is 18.9 Å². The van der Waals surface area contributed by atoms with Gasteiger partial charge in [0.15, 0.2) is 0 Å². The summed E-state index contributed by atoms with van der Waals surface area (Å²) in [4.78, 5) is 16.6. The Kier molecular flexibility index (Phi) is 7.37. The van der Waals surface area contributed by atoms with Gasteiger partial charge in [-0.2, -0.15) is 5.10 Å². The Morgan fingerprint density at radius 3 is 2.78 bits per heavy atom. The van der Waals surface area contributed by atoms with Crippen LogP contribution in [-0.2, 0) is 26.6 Å². The summed E-state index contributed by atoms with van der Waals surface area (Å²) in [6.07, 6.45) is 3.36. The van der Waals surface area contributed by atoms with Gasteiger partial charge in [-0.25, -0.2) is 9.67 Å². The molecule has 32 heavy (non-hydrogen) atoms. The van der Waals surface area contributed by atoms with E-state index in [1.54, 1.807) is 34.9 Å². The smallest absolute Gasteiger partial charge is 0.224 e. The molecule has 10 heteroatoms. The molecule has 168 valence electrons. The fraction of sp³-hybridized carbons (Fsp3) is 0.318. The van der Waals surface area contributed by atoms with Gasteiger partial charge in [0.25, 0.3) is 0 Å². The lowest BCUT2D eigenvalue weighted by molar-refractivity contribution is -0.186. The highest BCUT2D eigenvalue weighted by Crippen LogP contribution is 2.41. The van der Waals surface area contributed by atoms with Gasteiger partial charge in [-0.05, 0) is 36.4 Å². The number of hydrogen-bond donors (Lipinski definition) is 1. The van der Waals surface area contributed by atoms with Crippen LogP contribution in [0.4, 0.5) is 5.69 Å². The zero-order valence-electron chi connectivity index (χ0n) is 17.3. The maximum Gasteiger partial charge on any atom is 0.224 e. The zero-order chi connectivity index (χ0) is 22.6. The van der Waals surface area contributed by atoms with E-state index in [0.717, 1.165) is 10.6 Å². The van der Waals surface area contributed by atoms with Crippen LogP contribution in [0.3, 0.4) is 0 Å². The molecule has 1 aliphatic rings. The number of nitrogens with one attached hydrogen (secondary N) is 1. The molecule has 2 atom stereocenters. The van der Waals surface area contributed by atoms with E-state index in [9.17, 15) is 4.79 Å². The van der Waals surface area contributed by atoms with Gasteiger partial charge >= 0.3 is 0 Å². The fourth-order valence-electron chi connectivity index (χ4n) is 3.36. The molecule has 1 aromatic heterocycles. The molecule has 4 rings (SSSR count). The second-order valence-corrected chi connectivity index (χ2v) is 9.20. The van der Waals surface area contributed by atoms with E-state index >= 15 is 0 Å². The minimum atomic E-state index is -1.09. The molecule has 1 N–H and O–H groups in total. The van der Waals surface area contributed by atoms with Crippen LogP contribution >= 0.6 is 35.0 Å². The summed E-state index contributed by atoms with van der Waals surface area (Å²) in [5.41, 5.74) is 1.48. The van der Waals surface area contributed by atoms with Crippen molar-refractivity contribution in [1.29, 1.82) is 0 Å². The van der Waals surface area contributed by atoms with Gasteiger partial charge in [-0.1, -0.05) is 36.2 Å². The first-order valence-electron chi connectivity index (χ1n) is 10.1. The van der Waals surface area contributed by atoms with Crippen molar-refractivity contribution in [1.82, 2.24) is 14.8 Å². The van der Waals surface area contributed by atoms with Gasteiger partial charge < -0.3 is 14.8 Å². The SMILES string of the molecule is CCC(=O)Nc1ccc(SCC2COC(Cn3cncn3)(c3ccc(Cl)cc3Cl)O2)cc1. The fourth-order valence-corrected chi connectivity index (χ4v) is 4.78. The van der Waals surface area contributed by atoms with Crippen molar-refractivity contribution >= 4 is 46.6 Å². The number of thioether (sulfide) groups is 1. The maximum absolute atomic E-state index is 11.5. The Balaban J connectivity index is 1.45. The van der Waals surface area contributed by atoms with Crippen molar-refractivity contribution in [2.24, 2.45) is 0 Å². The highest BCUT2D eigenvalue weighted by Gasteiger charge is 2.45. The largest absolute Gasteiger partial charge is 0.342 e. The minimum absolute atomic E-state index is 0.00788. The molecule has 0 spiro atoms. The lowest BCUT2D eigenvalue weighted by Crippen LogP contribution is -2.34. The second kappa shape index (κ2) is 10.2. The first-order valence-corrected chi connectivity index (χ1v) is 11.8. The Morgan fingerprint density at radius 2 is 2.09 bits per heavy atom. The van der Waals surface area contributed by atoms with Gasteiger partial charge in [0.05, 0.1) is 17.7 Å². The van der Waals surface area contributed by atoms with E-state index in [4.69, 9.17) is 32.7 Å². The highest BCUT2D eigenvalue weighted by molar-refractivity contribution is 7.99. The Labute approximate surface area is 200 Å². The number of carbonyl (C=O) groups excluding carboxylic acids is 1. The van der Waals surface area contributed by atoms with Gasteiger partial charge in [0.1, 0.15) is 19.2 Å². The van der Waals surface area contributed by atoms with Crippen molar-refractivity contribution in [3.05, 3.63) is 70.7 Å². The lowest BCUT2D eigenvalue weighted by Gasteiger charge is -2.29. The summed E-state index contributed by atoms with van der Waals surface area (Å²) >= 11 is 14.2. The average Bonchev–Trinajstić information content (AvgIpc) is 3.44. The molecule has 3 aromatic rings. The van der Waals surface area contributed by atoms with E-state index in [2.05, 4.69) is 15.4 Å². The van der Waals surface area contributed by atoms with E-state index in [-0.39, 0.29) is 12.0 Å². The standard InChI is InChI=1S/C22H22Cl2N4O3S/c1-2-21(29)27-16-4-6-18(7-5-16)32-11-17-10-30-22(31-17,12-28-14-25-13-26-28)19-8-3-15(23)9-20(19)24/h3-9,13-14,17H,2,10-12H2,1H3,(H,27,29). The molecule has 1 fully saturated rings.